The molecule has 0 saturated heterocycles. The first-order chi connectivity index (χ1) is 13.1. The molecule has 1 N–H and O–H groups in total. The van der Waals surface area contributed by atoms with Gasteiger partial charge in [0, 0.05) is 6.20 Å². The standard InChI is InChI=1S/C20H20N2O4S/c1-13(22-19(23)25-3)14-4-6-15(7-5-14)18-12-21-20(27-18)26-17-10-8-16(24-2)9-11-17/h4-13H,1-3H3,(H,22,23). The van der Waals surface area contributed by atoms with Crippen molar-refractivity contribution in [3.63, 3.8) is 0 Å². The summed E-state index contributed by atoms with van der Waals surface area (Å²) < 4.78 is 15.5. The van der Waals surface area contributed by atoms with Crippen LogP contribution in [0.1, 0.15) is 18.5 Å². The Morgan fingerprint density at radius 2 is 1.70 bits per heavy atom. The Kier molecular flexibility index (Phi) is 5.93. The molecule has 1 heterocycles. The van der Waals surface area contributed by atoms with E-state index >= 15 is 0 Å². The summed E-state index contributed by atoms with van der Waals surface area (Å²) in [4.78, 5) is 16.6. The highest BCUT2D eigenvalue weighted by Crippen LogP contribution is 2.33. The van der Waals surface area contributed by atoms with E-state index in [1.807, 2.05) is 55.5 Å². The normalized spacial score (nSPS) is 11.5. The van der Waals surface area contributed by atoms with Gasteiger partial charge in [-0.05, 0) is 42.3 Å². The summed E-state index contributed by atoms with van der Waals surface area (Å²) in [5.41, 5.74) is 2.02. The largest absolute Gasteiger partial charge is 0.497 e. The number of carbonyl (C=O) groups excluding carboxylic acids is 1. The number of carbonyl (C=O) groups is 1. The van der Waals surface area contributed by atoms with Crippen molar-refractivity contribution in [2.75, 3.05) is 14.2 Å². The number of hydrogen-bond donors (Lipinski definition) is 1. The third kappa shape index (κ3) is 4.77. The van der Waals surface area contributed by atoms with Crippen LogP contribution >= 0.6 is 11.3 Å². The van der Waals surface area contributed by atoms with Crippen LogP contribution in [0.2, 0.25) is 0 Å². The number of nitrogens with zero attached hydrogens (tertiary/aromatic N) is 1. The highest BCUT2D eigenvalue weighted by atomic mass is 32.1. The molecule has 0 aliphatic carbocycles. The number of aromatic nitrogens is 1. The number of methoxy groups -OCH3 is 2. The molecule has 6 nitrogen and oxygen atoms in total. The molecule has 0 spiro atoms. The zero-order valence-electron chi connectivity index (χ0n) is 15.3. The van der Waals surface area contributed by atoms with E-state index in [4.69, 9.17) is 9.47 Å². The van der Waals surface area contributed by atoms with E-state index < -0.39 is 6.09 Å². The molecular formula is C20H20N2O4S. The summed E-state index contributed by atoms with van der Waals surface area (Å²) in [6, 6.07) is 15.2. The molecule has 0 aliphatic heterocycles. The third-order valence-corrected chi connectivity index (χ3v) is 4.89. The fourth-order valence-corrected chi connectivity index (χ4v) is 3.23. The first-order valence-corrected chi connectivity index (χ1v) is 9.13. The van der Waals surface area contributed by atoms with Crippen LogP contribution in [0.25, 0.3) is 10.4 Å². The van der Waals surface area contributed by atoms with E-state index in [1.54, 1.807) is 13.3 Å². The van der Waals surface area contributed by atoms with Gasteiger partial charge in [-0.3, -0.25) is 0 Å². The number of amides is 1. The van der Waals surface area contributed by atoms with E-state index in [0.29, 0.717) is 10.9 Å². The molecule has 0 saturated carbocycles. The Bertz CT molecular complexity index is 891. The number of thiazole rings is 1. The number of alkyl carbamates (subject to hydrolysis) is 1. The van der Waals surface area contributed by atoms with Gasteiger partial charge in [-0.2, -0.15) is 0 Å². The molecule has 1 atom stereocenters. The van der Waals surface area contributed by atoms with Crippen LogP contribution in [-0.4, -0.2) is 25.3 Å². The van der Waals surface area contributed by atoms with Gasteiger partial charge in [0.1, 0.15) is 11.5 Å². The monoisotopic (exact) mass is 384 g/mol. The van der Waals surface area contributed by atoms with Crippen LogP contribution in [0, 0.1) is 0 Å². The van der Waals surface area contributed by atoms with Gasteiger partial charge in [-0.25, -0.2) is 9.78 Å². The molecule has 0 fully saturated rings. The third-order valence-electron chi connectivity index (χ3n) is 3.96. The number of nitrogens with one attached hydrogen (secondary N) is 1. The Labute approximate surface area is 161 Å². The van der Waals surface area contributed by atoms with Gasteiger partial charge in [0.25, 0.3) is 5.19 Å². The number of hydrogen-bond acceptors (Lipinski definition) is 6. The molecule has 7 heteroatoms. The van der Waals surface area contributed by atoms with Gasteiger partial charge in [0.15, 0.2) is 0 Å². The zero-order valence-corrected chi connectivity index (χ0v) is 16.1. The summed E-state index contributed by atoms with van der Waals surface area (Å²) in [7, 11) is 2.97. The summed E-state index contributed by atoms with van der Waals surface area (Å²) in [6.07, 6.45) is 1.34. The highest BCUT2D eigenvalue weighted by Gasteiger charge is 2.11. The minimum Gasteiger partial charge on any atom is -0.497 e. The lowest BCUT2D eigenvalue weighted by atomic mass is 10.1. The topological polar surface area (TPSA) is 69.7 Å². The lowest BCUT2D eigenvalue weighted by molar-refractivity contribution is 0.167. The molecule has 0 aliphatic rings. The maximum atomic E-state index is 11.3. The van der Waals surface area contributed by atoms with E-state index in [9.17, 15) is 4.79 Å². The van der Waals surface area contributed by atoms with Gasteiger partial charge in [-0.1, -0.05) is 35.6 Å². The average molecular weight is 384 g/mol. The molecule has 1 aromatic heterocycles. The Morgan fingerprint density at radius 1 is 1.04 bits per heavy atom. The maximum absolute atomic E-state index is 11.3. The lowest BCUT2D eigenvalue weighted by Gasteiger charge is -2.13. The van der Waals surface area contributed by atoms with Gasteiger partial charge in [-0.15, -0.1) is 0 Å². The molecule has 27 heavy (non-hydrogen) atoms. The maximum Gasteiger partial charge on any atom is 0.407 e. The average Bonchev–Trinajstić information content (AvgIpc) is 3.17. The van der Waals surface area contributed by atoms with Crippen LogP contribution in [0.15, 0.2) is 54.7 Å². The van der Waals surface area contributed by atoms with Crippen molar-refractivity contribution in [1.82, 2.24) is 10.3 Å². The van der Waals surface area contributed by atoms with E-state index in [0.717, 1.165) is 21.8 Å². The van der Waals surface area contributed by atoms with E-state index in [2.05, 4.69) is 15.0 Å². The molecule has 0 radical (unpaired) electrons. The van der Waals surface area contributed by atoms with Gasteiger partial charge < -0.3 is 19.5 Å². The molecular weight excluding hydrogens is 364 g/mol. The predicted octanol–water partition coefficient (Wildman–Crippen LogP) is 5.03. The smallest absolute Gasteiger partial charge is 0.407 e. The van der Waals surface area contributed by atoms with Gasteiger partial charge in [0.05, 0.1) is 25.1 Å². The molecule has 2 aromatic carbocycles. The fourth-order valence-electron chi connectivity index (χ4n) is 2.44. The van der Waals surface area contributed by atoms with E-state index in [1.165, 1.54) is 18.4 Å². The van der Waals surface area contributed by atoms with Crippen molar-refractivity contribution < 1.29 is 19.0 Å². The van der Waals surface area contributed by atoms with Crippen molar-refractivity contribution >= 4 is 17.4 Å². The Morgan fingerprint density at radius 3 is 2.33 bits per heavy atom. The highest BCUT2D eigenvalue weighted by molar-refractivity contribution is 7.16. The zero-order chi connectivity index (χ0) is 19.2. The van der Waals surface area contributed by atoms with Gasteiger partial charge in [0.2, 0.25) is 0 Å². The van der Waals surface area contributed by atoms with Crippen LogP contribution in [0.3, 0.4) is 0 Å². The first kappa shape index (κ1) is 18.7. The Hall–Kier alpha value is -3.06. The van der Waals surface area contributed by atoms with Crippen LogP contribution in [0.4, 0.5) is 4.79 Å². The number of ether oxygens (including phenoxy) is 3. The Balaban J connectivity index is 1.67. The molecule has 140 valence electrons. The molecule has 3 rings (SSSR count). The van der Waals surface area contributed by atoms with Crippen molar-refractivity contribution in [2.24, 2.45) is 0 Å². The van der Waals surface area contributed by atoms with Crippen LogP contribution < -0.4 is 14.8 Å². The number of benzene rings is 2. The second-order valence-corrected chi connectivity index (χ2v) is 6.74. The second-order valence-electron chi connectivity index (χ2n) is 5.75. The van der Waals surface area contributed by atoms with Crippen LogP contribution in [0.5, 0.6) is 16.7 Å². The lowest BCUT2D eigenvalue weighted by Crippen LogP contribution is -2.26. The van der Waals surface area contributed by atoms with Gasteiger partial charge >= 0.3 is 6.09 Å². The van der Waals surface area contributed by atoms with Crippen molar-refractivity contribution in [3.05, 3.63) is 60.3 Å². The predicted molar refractivity (Wildman–Crippen MR) is 105 cm³/mol. The summed E-state index contributed by atoms with van der Waals surface area (Å²) in [5, 5.41) is 3.31. The summed E-state index contributed by atoms with van der Waals surface area (Å²) in [5.74, 6) is 1.48. The van der Waals surface area contributed by atoms with Crippen molar-refractivity contribution in [2.45, 2.75) is 13.0 Å². The first-order valence-electron chi connectivity index (χ1n) is 8.31. The quantitative estimate of drug-likeness (QED) is 0.646. The SMILES string of the molecule is COC(=O)NC(C)c1ccc(-c2cnc(Oc3ccc(OC)cc3)s2)cc1. The molecule has 1 amide bonds. The molecule has 3 aromatic rings. The summed E-state index contributed by atoms with van der Waals surface area (Å²) >= 11 is 1.46. The fraction of sp³-hybridized carbons (Fsp3) is 0.200. The van der Waals surface area contributed by atoms with Crippen molar-refractivity contribution in [3.8, 4) is 27.1 Å². The minimum absolute atomic E-state index is 0.137. The summed E-state index contributed by atoms with van der Waals surface area (Å²) in [6.45, 7) is 1.90. The number of rotatable bonds is 6. The second kappa shape index (κ2) is 8.55. The van der Waals surface area contributed by atoms with Crippen LogP contribution in [-0.2, 0) is 4.74 Å². The minimum atomic E-state index is -0.450. The molecule has 0 bridgehead atoms. The van der Waals surface area contributed by atoms with E-state index in [-0.39, 0.29) is 6.04 Å². The molecule has 1 unspecified atom stereocenters. The van der Waals surface area contributed by atoms with Crippen molar-refractivity contribution in [1.29, 1.82) is 0 Å².